The number of nitrogens with zero attached hydrogens (tertiary/aromatic N) is 2. The van der Waals surface area contributed by atoms with Gasteiger partial charge in [-0.1, -0.05) is 0 Å². The zero-order chi connectivity index (χ0) is 21.2. The highest BCUT2D eigenvalue weighted by Crippen LogP contribution is 2.31. The minimum Gasteiger partial charge on any atom is -0.377 e. The van der Waals surface area contributed by atoms with Crippen LogP contribution in [0.3, 0.4) is 0 Å². The molecule has 0 radical (unpaired) electrons. The lowest BCUT2D eigenvalue weighted by Crippen LogP contribution is -3.16. The summed E-state index contributed by atoms with van der Waals surface area (Å²) < 4.78 is 0. The number of anilines is 1. The molecule has 0 aromatic heterocycles. The molecule has 3 N–H and O–H groups in total. The molecule has 9 nitrogen and oxygen atoms in total. The number of piperazine rings is 1. The van der Waals surface area contributed by atoms with E-state index in [-0.39, 0.29) is 23.0 Å². The van der Waals surface area contributed by atoms with Gasteiger partial charge in [-0.2, -0.15) is 0 Å². The fourth-order valence-electron chi connectivity index (χ4n) is 3.46. The molecule has 1 heterocycles. The van der Waals surface area contributed by atoms with E-state index in [0.717, 1.165) is 17.7 Å². The first-order valence-electron chi connectivity index (χ1n) is 10.1. The quantitative estimate of drug-likeness (QED) is 0.470. The van der Waals surface area contributed by atoms with Crippen molar-refractivity contribution in [2.75, 3.05) is 38.0 Å². The summed E-state index contributed by atoms with van der Waals surface area (Å²) >= 11 is 0. The first kappa shape index (κ1) is 21.0. The minimum absolute atomic E-state index is 0.00153. The normalized spacial score (nSPS) is 17.7. The monoisotopic (exact) mass is 404 g/mol. The van der Waals surface area contributed by atoms with Crippen LogP contribution in [0.2, 0.25) is 0 Å². The van der Waals surface area contributed by atoms with E-state index in [0.29, 0.717) is 50.0 Å². The van der Waals surface area contributed by atoms with Crippen molar-refractivity contribution < 1.29 is 19.4 Å². The van der Waals surface area contributed by atoms with Crippen LogP contribution in [-0.2, 0) is 4.79 Å². The Kier molecular flexibility index (Phi) is 6.07. The van der Waals surface area contributed by atoms with Crippen LogP contribution in [0.5, 0.6) is 0 Å². The fraction of sp³-hybridized carbons (Fsp3) is 0.600. The average Bonchev–Trinajstić information content (AvgIpc) is 3.44. The predicted molar refractivity (Wildman–Crippen MR) is 109 cm³/mol. The van der Waals surface area contributed by atoms with Crippen LogP contribution in [0.15, 0.2) is 18.2 Å². The maximum atomic E-state index is 12.8. The zero-order valence-corrected chi connectivity index (χ0v) is 17.3. The first-order chi connectivity index (χ1) is 13.6. The van der Waals surface area contributed by atoms with Gasteiger partial charge in [-0.05, 0) is 45.7 Å². The van der Waals surface area contributed by atoms with E-state index in [2.05, 4.69) is 10.6 Å². The number of nitro benzene ring substituents is 1. The largest absolute Gasteiger partial charge is 0.377 e. The molecule has 1 aromatic rings. The summed E-state index contributed by atoms with van der Waals surface area (Å²) in [7, 11) is 0. The molecule has 9 heteroatoms. The van der Waals surface area contributed by atoms with E-state index in [1.165, 1.54) is 6.07 Å². The van der Waals surface area contributed by atoms with Crippen molar-refractivity contribution in [2.24, 2.45) is 0 Å². The summed E-state index contributed by atoms with van der Waals surface area (Å²) in [6, 6.07) is 4.93. The maximum absolute atomic E-state index is 12.8. The summed E-state index contributed by atoms with van der Waals surface area (Å²) in [5.74, 6) is -0.203. The van der Waals surface area contributed by atoms with E-state index < -0.39 is 4.92 Å². The molecular weight excluding hydrogens is 374 g/mol. The van der Waals surface area contributed by atoms with Gasteiger partial charge in [-0.15, -0.1) is 0 Å². The van der Waals surface area contributed by atoms with Crippen LogP contribution in [0, 0.1) is 10.1 Å². The first-order valence-corrected chi connectivity index (χ1v) is 10.1. The lowest BCUT2D eigenvalue weighted by Gasteiger charge is -2.32. The number of nitro groups is 1. The van der Waals surface area contributed by atoms with Crippen LogP contribution in [0.1, 0.15) is 44.0 Å². The van der Waals surface area contributed by atoms with Gasteiger partial charge in [-0.3, -0.25) is 19.7 Å². The molecule has 1 aliphatic carbocycles. The van der Waals surface area contributed by atoms with Crippen molar-refractivity contribution in [3.8, 4) is 0 Å². The van der Waals surface area contributed by atoms with Gasteiger partial charge in [0.15, 0.2) is 6.54 Å². The van der Waals surface area contributed by atoms with Crippen LogP contribution < -0.4 is 15.5 Å². The van der Waals surface area contributed by atoms with Gasteiger partial charge in [0.1, 0.15) is 5.69 Å². The van der Waals surface area contributed by atoms with Crippen LogP contribution in [-0.4, -0.2) is 65.9 Å². The van der Waals surface area contributed by atoms with Gasteiger partial charge >= 0.3 is 0 Å². The SMILES string of the molecule is CC(C)(C)NC(=O)C[NH+]1CCN(C(=O)c2ccc(NC3CC3)c([N+](=O)[O-])c2)CC1. The number of quaternary nitrogens is 1. The second-order valence-electron chi connectivity index (χ2n) is 8.92. The summed E-state index contributed by atoms with van der Waals surface area (Å²) in [6.45, 7) is 8.61. The highest BCUT2D eigenvalue weighted by molar-refractivity contribution is 5.95. The third-order valence-electron chi connectivity index (χ3n) is 5.06. The molecule has 0 spiro atoms. The fourth-order valence-corrected chi connectivity index (χ4v) is 3.46. The Morgan fingerprint density at radius 3 is 2.45 bits per heavy atom. The summed E-state index contributed by atoms with van der Waals surface area (Å²) in [4.78, 5) is 38.7. The van der Waals surface area contributed by atoms with E-state index in [1.54, 1.807) is 17.0 Å². The van der Waals surface area contributed by atoms with Gasteiger partial charge in [0.2, 0.25) is 0 Å². The average molecular weight is 404 g/mol. The Labute approximate surface area is 170 Å². The summed E-state index contributed by atoms with van der Waals surface area (Å²) in [5, 5.41) is 17.5. The standard InChI is InChI=1S/C20H29N5O4/c1-20(2,3)22-18(26)13-23-8-10-24(11-9-23)19(27)14-4-7-16(21-15-5-6-15)17(12-14)25(28)29/h4,7,12,15,21H,5-6,8-11,13H2,1-3H3,(H,22,26)/p+1. The van der Waals surface area contributed by atoms with Crippen molar-refractivity contribution in [1.82, 2.24) is 10.2 Å². The predicted octanol–water partition coefficient (Wildman–Crippen LogP) is 0.425. The number of nitrogens with one attached hydrogen (secondary N) is 3. The Bertz CT molecular complexity index is 793. The lowest BCUT2D eigenvalue weighted by atomic mass is 10.1. The third-order valence-corrected chi connectivity index (χ3v) is 5.06. The van der Waals surface area contributed by atoms with Gasteiger partial charge in [0.05, 0.1) is 31.1 Å². The molecule has 1 saturated heterocycles. The Morgan fingerprint density at radius 1 is 1.24 bits per heavy atom. The Morgan fingerprint density at radius 2 is 1.90 bits per heavy atom. The molecule has 3 rings (SSSR count). The van der Waals surface area contributed by atoms with Crippen molar-refractivity contribution in [3.05, 3.63) is 33.9 Å². The van der Waals surface area contributed by atoms with E-state index in [4.69, 9.17) is 0 Å². The molecule has 0 bridgehead atoms. The zero-order valence-electron chi connectivity index (χ0n) is 17.3. The Balaban J connectivity index is 1.58. The maximum Gasteiger partial charge on any atom is 0.293 e. The van der Waals surface area contributed by atoms with Crippen LogP contribution in [0.25, 0.3) is 0 Å². The molecule has 2 fully saturated rings. The minimum atomic E-state index is -0.447. The molecule has 0 atom stereocenters. The highest BCUT2D eigenvalue weighted by Gasteiger charge is 2.29. The number of benzene rings is 1. The van der Waals surface area contributed by atoms with E-state index >= 15 is 0 Å². The molecule has 2 amide bonds. The molecule has 29 heavy (non-hydrogen) atoms. The number of amides is 2. The third kappa shape index (κ3) is 5.90. The second-order valence-corrected chi connectivity index (χ2v) is 8.92. The van der Waals surface area contributed by atoms with Crippen molar-refractivity contribution in [1.29, 1.82) is 0 Å². The van der Waals surface area contributed by atoms with Gasteiger partial charge < -0.3 is 20.4 Å². The number of rotatable bonds is 6. The molecule has 0 unspecified atom stereocenters. The van der Waals surface area contributed by atoms with Gasteiger partial charge in [0, 0.05) is 23.2 Å². The van der Waals surface area contributed by atoms with Gasteiger partial charge in [-0.25, -0.2) is 0 Å². The van der Waals surface area contributed by atoms with Crippen molar-refractivity contribution in [2.45, 2.75) is 45.2 Å². The number of hydrogen-bond acceptors (Lipinski definition) is 5. The van der Waals surface area contributed by atoms with Crippen molar-refractivity contribution >= 4 is 23.2 Å². The molecule has 1 aromatic carbocycles. The van der Waals surface area contributed by atoms with Crippen molar-refractivity contribution in [3.63, 3.8) is 0 Å². The van der Waals surface area contributed by atoms with Crippen LogP contribution in [0.4, 0.5) is 11.4 Å². The van der Waals surface area contributed by atoms with Gasteiger partial charge in [0.25, 0.3) is 17.5 Å². The topological polar surface area (TPSA) is 109 Å². The Hall–Kier alpha value is -2.68. The summed E-state index contributed by atoms with van der Waals surface area (Å²) in [6.07, 6.45) is 2.02. The molecule has 1 aliphatic heterocycles. The lowest BCUT2D eigenvalue weighted by molar-refractivity contribution is -0.896. The molecular formula is C20H30N5O4+. The van der Waals surface area contributed by atoms with E-state index in [9.17, 15) is 19.7 Å². The number of carbonyl (C=O) groups is 2. The second kappa shape index (κ2) is 8.36. The molecule has 158 valence electrons. The van der Waals surface area contributed by atoms with E-state index in [1.807, 2.05) is 20.8 Å². The highest BCUT2D eigenvalue weighted by atomic mass is 16.6. The molecule has 1 saturated carbocycles. The smallest absolute Gasteiger partial charge is 0.293 e. The number of hydrogen-bond donors (Lipinski definition) is 3. The number of carbonyl (C=O) groups excluding carboxylic acids is 2. The molecule has 2 aliphatic rings. The summed E-state index contributed by atoms with van der Waals surface area (Å²) in [5.41, 5.74) is 0.467. The van der Waals surface area contributed by atoms with Crippen LogP contribution >= 0.6 is 0 Å².